The van der Waals surface area contributed by atoms with Crippen LogP contribution in [0.2, 0.25) is 0 Å². The van der Waals surface area contributed by atoms with Gasteiger partial charge in [0.25, 0.3) is 0 Å². The summed E-state index contributed by atoms with van der Waals surface area (Å²) in [5.74, 6) is 0.780. The zero-order chi connectivity index (χ0) is 12.0. The Kier molecular flexibility index (Phi) is 2.87. The third kappa shape index (κ3) is 1.80. The van der Waals surface area contributed by atoms with Gasteiger partial charge in [0.2, 0.25) is 0 Å². The van der Waals surface area contributed by atoms with Crippen molar-refractivity contribution in [2.24, 2.45) is 16.7 Å². The summed E-state index contributed by atoms with van der Waals surface area (Å²) in [6.07, 6.45) is 1.88. The Morgan fingerprint density at radius 1 is 1.38 bits per heavy atom. The quantitative estimate of drug-likeness (QED) is 0.868. The SMILES string of the molecule is CC(NCC1C(C)(C)C1(C)C)c1nccs1. The minimum Gasteiger partial charge on any atom is -0.308 e. The van der Waals surface area contributed by atoms with Crippen molar-refractivity contribution in [1.82, 2.24) is 10.3 Å². The van der Waals surface area contributed by atoms with Gasteiger partial charge in [0.05, 0.1) is 6.04 Å². The molecule has 16 heavy (non-hydrogen) atoms. The van der Waals surface area contributed by atoms with Crippen LogP contribution < -0.4 is 5.32 Å². The Morgan fingerprint density at radius 2 is 2.00 bits per heavy atom. The van der Waals surface area contributed by atoms with Gasteiger partial charge < -0.3 is 5.32 Å². The average molecular weight is 238 g/mol. The second-order valence-corrected chi connectivity index (χ2v) is 6.92. The van der Waals surface area contributed by atoms with Gasteiger partial charge in [0.15, 0.2) is 0 Å². The number of hydrogen-bond donors (Lipinski definition) is 1. The number of nitrogens with zero attached hydrogens (tertiary/aromatic N) is 1. The second kappa shape index (κ2) is 3.81. The van der Waals surface area contributed by atoms with Gasteiger partial charge in [-0.15, -0.1) is 11.3 Å². The third-order valence-electron chi connectivity index (χ3n) is 4.77. The first kappa shape index (κ1) is 12.1. The molecule has 1 atom stereocenters. The molecular weight excluding hydrogens is 216 g/mol. The van der Waals surface area contributed by atoms with E-state index in [4.69, 9.17) is 0 Å². The monoisotopic (exact) mass is 238 g/mol. The lowest BCUT2D eigenvalue weighted by Crippen LogP contribution is -2.22. The molecule has 0 spiro atoms. The van der Waals surface area contributed by atoms with Crippen molar-refractivity contribution >= 4 is 11.3 Å². The van der Waals surface area contributed by atoms with Crippen molar-refractivity contribution in [2.45, 2.75) is 40.7 Å². The summed E-state index contributed by atoms with van der Waals surface area (Å²) >= 11 is 1.73. The molecule has 1 heterocycles. The van der Waals surface area contributed by atoms with Crippen LogP contribution in [-0.2, 0) is 0 Å². The molecule has 1 aromatic heterocycles. The summed E-state index contributed by atoms with van der Waals surface area (Å²) in [7, 11) is 0. The van der Waals surface area contributed by atoms with Crippen LogP contribution in [-0.4, -0.2) is 11.5 Å². The molecule has 0 amide bonds. The molecule has 1 aromatic rings. The molecule has 0 radical (unpaired) electrons. The van der Waals surface area contributed by atoms with Crippen LogP contribution in [0, 0.1) is 16.7 Å². The van der Waals surface area contributed by atoms with E-state index in [-0.39, 0.29) is 0 Å². The number of rotatable bonds is 4. The van der Waals surface area contributed by atoms with Crippen molar-refractivity contribution in [2.75, 3.05) is 6.54 Å². The van der Waals surface area contributed by atoms with Gasteiger partial charge >= 0.3 is 0 Å². The highest BCUT2D eigenvalue weighted by Gasteiger charge is 2.63. The fourth-order valence-corrected chi connectivity index (χ4v) is 3.34. The first-order valence-electron chi connectivity index (χ1n) is 6.00. The Morgan fingerprint density at radius 3 is 2.44 bits per heavy atom. The largest absolute Gasteiger partial charge is 0.308 e. The van der Waals surface area contributed by atoms with E-state index in [0.717, 1.165) is 12.5 Å². The van der Waals surface area contributed by atoms with Gasteiger partial charge in [-0.25, -0.2) is 4.98 Å². The minimum atomic E-state index is 0.382. The highest BCUT2D eigenvalue weighted by atomic mass is 32.1. The highest BCUT2D eigenvalue weighted by molar-refractivity contribution is 7.09. The van der Waals surface area contributed by atoms with E-state index >= 15 is 0 Å². The fourth-order valence-electron chi connectivity index (χ4n) is 2.67. The standard InChI is InChI=1S/C13H22N2S/c1-9(11-14-6-7-16-11)15-8-10-12(2,3)13(10,4)5/h6-7,9-10,15H,8H2,1-5H3. The fraction of sp³-hybridized carbons (Fsp3) is 0.769. The first-order chi connectivity index (χ1) is 7.37. The van der Waals surface area contributed by atoms with E-state index in [9.17, 15) is 0 Å². The van der Waals surface area contributed by atoms with E-state index in [1.54, 1.807) is 11.3 Å². The Balaban J connectivity index is 1.86. The normalized spacial score (nSPS) is 24.3. The second-order valence-electron chi connectivity index (χ2n) is 6.00. The maximum absolute atomic E-state index is 4.34. The summed E-state index contributed by atoms with van der Waals surface area (Å²) in [4.78, 5) is 4.34. The number of nitrogens with one attached hydrogen (secondary N) is 1. The van der Waals surface area contributed by atoms with E-state index in [1.165, 1.54) is 5.01 Å². The van der Waals surface area contributed by atoms with Crippen LogP contribution >= 0.6 is 11.3 Å². The first-order valence-corrected chi connectivity index (χ1v) is 6.88. The van der Waals surface area contributed by atoms with Crippen LogP contribution in [0.3, 0.4) is 0 Å². The van der Waals surface area contributed by atoms with Crippen LogP contribution in [0.15, 0.2) is 11.6 Å². The lowest BCUT2D eigenvalue weighted by molar-refractivity contribution is 0.457. The molecular formula is C13H22N2S. The van der Waals surface area contributed by atoms with Crippen molar-refractivity contribution in [3.63, 3.8) is 0 Å². The van der Waals surface area contributed by atoms with Gasteiger partial charge in [0, 0.05) is 11.6 Å². The molecule has 1 aliphatic carbocycles. The van der Waals surface area contributed by atoms with Gasteiger partial charge in [0.1, 0.15) is 5.01 Å². The summed E-state index contributed by atoms with van der Waals surface area (Å²) in [6.45, 7) is 12.8. The average Bonchev–Trinajstić information content (AvgIpc) is 2.66. The Hall–Kier alpha value is -0.410. The van der Waals surface area contributed by atoms with Crippen LogP contribution in [0.1, 0.15) is 45.7 Å². The highest BCUT2D eigenvalue weighted by Crippen LogP contribution is 2.68. The molecule has 1 fully saturated rings. The summed E-state index contributed by atoms with van der Waals surface area (Å²) < 4.78 is 0. The molecule has 1 aliphatic rings. The molecule has 2 nitrogen and oxygen atoms in total. The Bertz CT molecular complexity index is 340. The number of hydrogen-bond acceptors (Lipinski definition) is 3. The lowest BCUT2D eigenvalue weighted by Gasteiger charge is -2.11. The predicted molar refractivity (Wildman–Crippen MR) is 69.6 cm³/mol. The third-order valence-corrected chi connectivity index (χ3v) is 5.73. The molecule has 0 aliphatic heterocycles. The van der Waals surface area contributed by atoms with Crippen molar-refractivity contribution in [3.05, 3.63) is 16.6 Å². The zero-order valence-corrected chi connectivity index (χ0v) is 11.7. The maximum atomic E-state index is 4.34. The van der Waals surface area contributed by atoms with Crippen molar-refractivity contribution < 1.29 is 0 Å². The molecule has 1 unspecified atom stereocenters. The summed E-state index contributed by atoms with van der Waals surface area (Å²) in [5, 5.41) is 6.84. The van der Waals surface area contributed by atoms with E-state index in [1.807, 2.05) is 11.6 Å². The number of aromatic nitrogens is 1. The number of thiazole rings is 1. The molecule has 0 bridgehead atoms. The molecule has 0 saturated heterocycles. The van der Waals surface area contributed by atoms with Crippen LogP contribution in [0.4, 0.5) is 0 Å². The van der Waals surface area contributed by atoms with Gasteiger partial charge in [-0.3, -0.25) is 0 Å². The molecule has 3 heteroatoms. The van der Waals surface area contributed by atoms with Crippen molar-refractivity contribution in [1.29, 1.82) is 0 Å². The molecule has 2 rings (SSSR count). The van der Waals surface area contributed by atoms with Crippen LogP contribution in [0.25, 0.3) is 0 Å². The Labute approximate surface area is 102 Å². The lowest BCUT2D eigenvalue weighted by atomic mass is 10.0. The molecule has 1 saturated carbocycles. The zero-order valence-electron chi connectivity index (χ0n) is 10.9. The topological polar surface area (TPSA) is 24.9 Å². The van der Waals surface area contributed by atoms with Gasteiger partial charge in [-0.1, -0.05) is 27.7 Å². The maximum Gasteiger partial charge on any atom is 0.109 e. The molecule has 90 valence electrons. The van der Waals surface area contributed by atoms with Gasteiger partial charge in [-0.2, -0.15) is 0 Å². The molecule has 1 N–H and O–H groups in total. The predicted octanol–water partition coefficient (Wildman–Crippen LogP) is 3.48. The van der Waals surface area contributed by atoms with Crippen molar-refractivity contribution in [3.8, 4) is 0 Å². The minimum absolute atomic E-state index is 0.382. The van der Waals surface area contributed by atoms with E-state index in [0.29, 0.717) is 16.9 Å². The summed E-state index contributed by atoms with van der Waals surface area (Å²) in [5.41, 5.74) is 0.950. The smallest absolute Gasteiger partial charge is 0.109 e. The summed E-state index contributed by atoms with van der Waals surface area (Å²) in [6, 6.07) is 0.382. The van der Waals surface area contributed by atoms with Crippen LogP contribution in [0.5, 0.6) is 0 Å². The van der Waals surface area contributed by atoms with Gasteiger partial charge in [-0.05, 0) is 30.2 Å². The van der Waals surface area contributed by atoms with E-state index in [2.05, 4.69) is 44.9 Å². The van der Waals surface area contributed by atoms with E-state index < -0.39 is 0 Å². The molecule has 0 aromatic carbocycles.